The van der Waals surface area contributed by atoms with Gasteiger partial charge in [0, 0.05) is 10.9 Å². The Morgan fingerprint density at radius 3 is 2.19 bits per heavy atom. The fraction of sp³-hybridized carbons (Fsp3) is 0.200. The van der Waals surface area contributed by atoms with Crippen LogP contribution < -0.4 is 0 Å². The number of nitrogens with zero attached hydrogens (tertiary/aromatic N) is 1. The van der Waals surface area contributed by atoms with E-state index in [2.05, 4.69) is 4.98 Å². The van der Waals surface area contributed by atoms with E-state index in [4.69, 9.17) is 0 Å². The van der Waals surface area contributed by atoms with Gasteiger partial charge in [-0.2, -0.15) is 13.2 Å². The Morgan fingerprint density at radius 1 is 1.04 bits per heavy atom. The second-order valence-electron chi connectivity index (χ2n) is 5.36. The fourth-order valence-electron chi connectivity index (χ4n) is 2.69. The topological polar surface area (TPSA) is 50.2 Å². The third-order valence-corrected chi connectivity index (χ3v) is 3.82. The van der Waals surface area contributed by atoms with E-state index >= 15 is 0 Å². The lowest BCUT2D eigenvalue weighted by Gasteiger charge is -2.14. The van der Waals surface area contributed by atoms with Crippen molar-refractivity contribution in [2.75, 3.05) is 0 Å². The first kappa shape index (κ1) is 19.4. The molecule has 3 aromatic rings. The molecule has 0 aliphatic carbocycles. The highest BCUT2D eigenvalue weighted by molar-refractivity contribution is 6.05. The summed E-state index contributed by atoms with van der Waals surface area (Å²) in [5.41, 5.74) is 0.640. The minimum atomic E-state index is -4.55. The van der Waals surface area contributed by atoms with Gasteiger partial charge < -0.3 is 5.11 Å². The number of pyridine rings is 1. The number of hydrogen-bond acceptors (Lipinski definition) is 2. The second-order valence-corrected chi connectivity index (χ2v) is 5.36. The Hall–Kier alpha value is -2.89. The van der Waals surface area contributed by atoms with Crippen molar-refractivity contribution < 1.29 is 23.1 Å². The predicted octanol–water partition coefficient (Wildman–Crippen LogP) is 5.95. The van der Waals surface area contributed by atoms with Crippen molar-refractivity contribution in [3.05, 3.63) is 65.2 Å². The molecule has 0 spiro atoms. The lowest BCUT2D eigenvalue weighted by atomic mass is 9.96. The number of carboxylic acids is 1. The van der Waals surface area contributed by atoms with Gasteiger partial charge in [0.2, 0.25) is 0 Å². The molecular weight excluding hydrogens is 343 g/mol. The molecule has 0 fully saturated rings. The quantitative estimate of drug-likeness (QED) is 0.613. The molecule has 1 aromatic heterocycles. The molecule has 2 aromatic carbocycles. The molecule has 3 rings (SSSR count). The largest absolute Gasteiger partial charge is 0.478 e. The van der Waals surface area contributed by atoms with Crippen LogP contribution in [0.2, 0.25) is 0 Å². The van der Waals surface area contributed by atoms with Gasteiger partial charge in [-0.1, -0.05) is 44.2 Å². The summed E-state index contributed by atoms with van der Waals surface area (Å²) >= 11 is 0. The number of aromatic nitrogens is 1. The maximum atomic E-state index is 12.9. The summed E-state index contributed by atoms with van der Waals surface area (Å²) in [7, 11) is 0. The smallest absolute Gasteiger partial charge is 0.416 e. The summed E-state index contributed by atoms with van der Waals surface area (Å²) in [5.74, 6) is -1.28. The third kappa shape index (κ3) is 3.69. The highest BCUT2D eigenvalue weighted by atomic mass is 19.4. The molecule has 1 N–H and O–H groups in total. The Kier molecular flexibility index (Phi) is 5.65. The number of benzene rings is 2. The number of rotatable bonds is 2. The summed E-state index contributed by atoms with van der Waals surface area (Å²) in [6.07, 6.45) is -4.55. The summed E-state index contributed by atoms with van der Waals surface area (Å²) in [6, 6.07) is 11.9. The minimum Gasteiger partial charge on any atom is -0.478 e. The molecule has 0 atom stereocenters. The molecule has 6 heteroatoms. The van der Waals surface area contributed by atoms with Crippen molar-refractivity contribution in [3.63, 3.8) is 0 Å². The first-order valence-corrected chi connectivity index (χ1v) is 8.09. The number of alkyl halides is 3. The molecule has 0 amide bonds. The van der Waals surface area contributed by atoms with E-state index in [1.165, 1.54) is 6.07 Å². The monoisotopic (exact) mass is 361 g/mol. The summed E-state index contributed by atoms with van der Waals surface area (Å²) in [6.45, 7) is 5.55. The van der Waals surface area contributed by atoms with E-state index in [0.717, 1.165) is 12.1 Å². The summed E-state index contributed by atoms with van der Waals surface area (Å²) in [4.78, 5) is 16.1. The van der Waals surface area contributed by atoms with Crippen LogP contribution >= 0.6 is 0 Å². The van der Waals surface area contributed by atoms with Crippen LogP contribution in [0.4, 0.5) is 13.2 Å². The minimum absolute atomic E-state index is 0.0190. The average molecular weight is 361 g/mol. The number of hydrogen-bond donors (Lipinski definition) is 1. The van der Waals surface area contributed by atoms with Gasteiger partial charge in [-0.25, -0.2) is 9.78 Å². The van der Waals surface area contributed by atoms with Gasteiger partial charge in [0.05, 0.1) is 22.3 Å². The zero-order valence-corrected chi connectivity index (χ0v) is 14.6. The summed E-state index contributed by atoms with van der Waals surface area (Å²) in [5, 5.41) is 9.50. The number of aromatic carboxylic acids is 1. The van der Waals surface area contributed by atoms with Crippen molar-refractivity contribution in [1.29, 1.82) is 0 Å². The maximum Gasteiger partial charge on any atom is 0.416 e. The van der Waals surface area contributed by atoms with Crippen molar-refractivity contribution in [2.24, 2.45) is 0 Å². The molecular formula is C20H18F3NO2. The number of halogens is 3. The van der Waals surface area contributed by atoms with Crippen molar-refractivity contribution >= 4 is 16.9 Å². The van der Waals surface area contributed by atoms with Gasteiger partial charge in [0.1, 0.15) is 0 Å². The number of carboxylic acid groups (broad SMARTS) is 1. The molecule has 0 aliphatic heterocycles. The lowest BCUT2D eigenvalue weighted by molar-refractivity contribution is -0.137. The van der Waals surface area contributed by atoms with Crippen molar-refractivity contribution in [3.8, 4) is 11.3 Å². The van der Waals surface area contributed by atoms with Gasteiger partial charge in [0.15, 0.2) is 0 Å². The van der Waals surface area contributed by atoms with Crippen LogP contribution in [0, 0.1) is 6.92 Å². The van der Waals surface area contributed by atoms with Gasteiger partial charge in [-0.3, -0.25) is 0 Å². The molecule has 3 nitrogen and oxygen atoms in total. The van der Waals surface area contributed by atoms with E-state index in [0.29, 0.717) is 16.8 Å². The Morgan fingerprint density at radius 2 is 1.65 bits per heavy atom. The number of carbonyl (C=O) groups is 1. The van der Waals surface area contributed by atoms with Crippen LogP contribution in [-0.2, 0) is 6.18 Å². The van der Waals surface area contributed by atoms with Crippen LogP contribution in [0.1, 0.15) is 35.3 Å². The first-order valence-electron chi connectivity index (χ1n) is 8.09. The highest BCUT2D eigenvalue weighted by Crippen LogP contribution is 2.35. The molecule has 0 saturated carbocycles. The van der Waals surface area contributed by atoms with E-state index in [1.807, 2.05) is 19.9 Å². The standard InChI is InChI=1S/C18H12F3NO2.C2H6/c1-10-15(17(23)24)13-9-12(18(19,20)21)7-8-14(13)22-16(10)11-5-3-2-4-6-11;1-2/h2-9H,1H3,(H,23,24);1-2H3. The van der Waals surface area contributed by atoms with Crippen LogP contribution in [0.3, 0.4) is 0 Å². The van der Waals surface area contributed by atoms with Crippen LogP contribution in [0.15, 0.2) is 48.5 Å². The lowest BCUT2D eigenvalue weighted by Crippen LogP contribution is -2.08. The van der Waals surface area contributed by atoms with Gasteiger partial charge in [0.25, 0.3) is 0 Å². The predicted molar refractivity (Wildman–Crippen MR) is 95.2 cm³/mol. The molecule has 0 bridgehead atoms. The number of fused-ring (bicyclic) bond motifs is 1. The van der Waals surface area contributed by atoms with E-state index in [-0.39, 0.29) is 16.5 Å². The average Bonchev–Trinajstić information content (AvgIpc) is 2.62. The van der Waals surface area contributed by atoms with Crippen molar-refractivity contribution in [2.45, 2.75) is 26.9 Å². The Bertz CT molecular complexity index is 935. The molecule has 26 heavy (non-hydrogen) atoms. The zero-order chi connectivity index (χ0) is 19.5. The summed E-state index contributed by atoms with van der Waals surface area (Å²) < 4.78 is 38.8. The van der Waals surface area contributed by atoms with Gasteiger partial charge >= 0.3 is 12.1 Å². The normalized spacial score (nSPS) is 11.0. The van der Waals surface area contributed by atoms with Gasteiger partial charge in [-0.05, 0) is 30.7 Å². The molecule has 0 radical (unpaired) electrons. The molecule has 0 aliphatic rings. The molecule has 0 unspecified atom stereocenters. The van der Waals surface area contributed by atoms with Crippen LogP contribution in [-0.4, -0.2) is 16.1 Å². The SMILES string of the molecule is CC.Cc1c(-c2ccccc2)nc2ccc(C(F)(F)F)cc2c1C(=O)O. The maximum absolute atomic E-state index is 12.9. The van der Waals surface area contributed by atoms with E-state index in [9.17, 15) is 23.1 Å². The molecule has 136 valence electrons. The first-order chi connectivity index (χ1) is 12.3. The fourth-order valence-corrected chi connectivity index (χ4v) is 2.69. The van der Waals surface area contributed by atoms with Crippen LogP contribution in [0.25, 0.3) is 22.2 Å². The van der Waals surface area contributed by atoms with Gasteiger partial charge in [-0.15, -0.1) is 0 Å². The zero-order valence-electron chi connectivity index (χ0n) is 14.6. The van der Waals surface area contributed by atoms with Crippen LogP contribution in [0.5, 0.6) is 0 Å². The second kappa shape index (κ2) is 7.56. The van der Waals surface area contributed by atoms with Crippen molar-refractivity contribution in [1.82, 2.24) is 4.98 Å². The van der Waals surface area contributed by atoms with E-state index < -0.39 is 17.7 Å². The Balaban J connectivity index is 0.00000117. The molecule has 0 saturated heterocycles. The highest BCUT2D eigenvalue weighted by Gasteiger charge is 2.31. The Labute approximate surface area is 149 Å². The van der Waals surface area contributed by atoms with E-state index in [1.54, 1.807) is 31.2 Å². The third-order valence-electron chi connectivity index (χ3n) is 3.82. The molecule has 1 heterocycles.